The SMILES string of the molecule is CC(C)C(=O)N1CCO[C@@H](O[C@H]2CC[C@]34C[C@]35CC[C@]3(C)[C@@H]6[C@H](O[C@@H](CN(C)C(=O)N(C)C)C[C@H]6C)[C@H](O)[C@@]3(C)[C@@H]5CC[C@H]4C2(C)C)C1. The van der Waals surface area contributed by atoms with E-state index in [1.807, 2.05) is 25.8 Å². The molecule has 0 aromatic carbocycles. The topological polar surface area (TPSA) is 91.8 Å². The molecule has 5 aliphatic carbocycles. The van der Waals surface area contributed by atoms with Crippen LogP contribution >= 0.6 is 0 Å². The second-order valence-corrected chi connectivity index (χ2v) is 19.1. The van der Waals surface area contributed by atoms with Gasteiger partial charge in [-0.15, -0.1) is 0 Å². The van der Waals surface area contributed by atoms with Gasteiger partial charge in [0, 0.05) is 45.6 Å². The Morgan fingerprint density at radius 1 is 1.00 bits per heavy atom. The molecule has 0 unspecified atom stereocenters. The van der Waals surface area contributed by atoms with E-state index in [0.717, 1.165) is 25.7 Å². The predicted molar refractivity (Wildman–Crippen MR) is 184 cm³/mol. The molecule has 2 spiro atoms. The summed E-state index contributed by atoms with van der Waals surface area (Å²) < 4.78 is 19.8. The van der Waals surface area contributed by atoms with Crippen molar-refractivity contribution in [3.8, 4) is 0 Å². The van der Waals surface area contributed by atoms with Crippen molar-refractivity contribution in [1.29, 1.82) is 0 Å². The first kappa shape index (κ1) is 35.0. The van der Waals surface area contributed by atoms with E-state index < -0.39 is 6.10 Å². The van der Waals surface area contributed by atoms with E-state index in [1.54, 1.807) is 23.9 Å². The number of aliphatic hydroxyl groups is 1. The zero-order valence-electron chi connectivity index (χ0n) is 31.6. The van der Waals surface area contributed by atoms with Crippen LogP contribution in [0.5, 0.6) is 0 Å². The highest BCUT2D eigenvalue weighted by Gasteiger charge is 2.84. The maximum atomic E-state index is 12.8. The van der Waals surface area contributed by atoms with Gasteiger partial charge in [-0.2, -0.15) is 0 Å². The van der Waals surface area contributed by atoms with Crippen molar-refractivity contribution >= 4 is 11.9 Å². The molecule has 2 heterocycles. The summed E-state index contributed by atoms with van der Waals surface area (Å²) in [6, 6.07) is -0.0109. The highest BCUT2D eigenvalue weighted by Crippen LogP contribution is 2.89. The van der Waals surface area contributed by atoms with Gasteiger partial charge in [0.05, 0.1) is 37.6 Å². The number of hydrogen-bond donors (Lipinski definition) is 1. The number of ether oxygens (including phenoxy) is 3. The normalized spacial score (nSPS) is 48.8. The fourth-order valence-corrected chi connectivity index (χ4v) is 13.9. The first-order valence-corrected chi connectivity index (χ1v) is 19.3. The summed E-state index contributed by atoms with van der Waals surface area (Å²) in [4.78, 5) is 30.7. The Bertz CT molecular complexity index is 1290. The lowest BCUT2D eigenvalue weighted by atomic mass is 9.41. The summed E-state index contributed by atoms with van der Waals surface area (Å²) in [7, 11) is 5.44. The molecule has 2 saturated heterocycles. The fraction of sp³-hybridized carbons (Fsp3) is 0.949. The van der Waals surface area contributed by atoms with Gasteiger partial charge in [0.25, 0.3) is 0 Å². The molecule has 5 saturated carbocycles. The van der Waals surface area contributed by atoms with Gasteiger partial charge in [-0.05, 0) is 96.7 Å². The van der Waals surface area contributed by atoms with Gasteiger partial charge in [-0.25, -0.2) is 4.79 Å². The molecular formula is C39H65N3O6. The Morgan fingerprint density at radius 2 is 1.69 bits per heavy atom. The molecular weight excluding hydrogens is 606 g/mol. The van der Waals surface area contributed by atoms with Crippen molar-refractivity contribution < 1.29 is 28.9 Å². The zero-order valence-corrected chi connectivity index (χ0v) is 31.6. The van der Waals surface area contributed by atoms with E-state index in [2.05, 4.69) is 34.6 Å². The number of carbonyl (C=O) groups excluding carboxylic acids is 2. The van der Waals surface area contributed by atoms with Crippen molar-refractivity contribution in [2.45, 2.75) is 131 Å². The van der Waals surface area contributed by atoms with Gasteiger partial charge in [-0.3, -0.25) is 4.79 Å². The first-order valence-electron chi connectivity index (χ1n) is 19.3. The number of amides is 3. The van der Waals surface area contributed by atoms with Crippen LogP contribution in [0, 0.1) is 56.7 Å². The summed E-state index contributed by atoms with van der Waals surface area (Å²) in [6.45, 7) is 18.4. The zero-order chi connectivity index (χ0) is 34.8. The van der Waals surface area contributed by atoms with Crippen molar-refractivity contribution in [3.05, 3.63) is 0 Å². The molecule has 7 rings (SSSR count). The first-order chi connectivity index (χ1) is 22.4. The second-order valence-electron chi connectivity index (χ2n) is 19.1. The van der Waals surface area contributed by atoms with Gasteiger partial charge < -0.3 is 34.0 Å². The molecule has 1 N–H and O–H groups in total. The Kier molecular flexibility index (Phi) is 8.42. The van der Waals surface area contributed by atoms with Crippen LogP contribution in [0.2, 0.25) is 0 Å². The lowest BCUT2D eigenvalue weighted by molar-refractivity contribution is -0.248. The average Bonchev–Trinajstić information content (AvgIpc) is 3.66. The quantitative estimate of drug-likeness (QED) is 0.407. The molecule has 0 bridgehead atoms. The Balaban J connectivity index is 1.09. The van der Waals surface area contributed by atoms with Crippen molar-refractivity contribution in [2.24, 2.45) is 56.7 Å². The monoisotopic (exact) mass is 671 g/mol. The number of nitrogens with zero attached hydrogens (tertiary/aromatic N) is 3. The highest BCUT2D eigenvalue weighted by atomic mass is 16.7. The second kappa shape index (κ2) is 11.5. The maximum absolute atomic E-state index is 12.8. The number of rotatable bonds is 5. The van der Waals surface area contributed by atoms with Crippen LogP contribution in [0.15, 0.2) is 0 Å². The molecule has 9 heteroatoms. The molecule has 0 aromatic rings. The van der Waals surface area contributed by atoms with E-state index in [9.17, 15) is 14.7 Å². The summed E-state index contributed by atoms with van der Waals surface area (Å²) in [5.41, 5.74) is 0.416. The fourth-order valence-electron chi connectivity index (χ4n) is 13.9. The molecule has 7 fully saturated rings. The van der Waals surface area contributed by atoms with Crippen LogP contribution in [0.1, 0.15) is 99.8 Å². The van der Waals surface area contributed by atoms with Crippen molar-refractivity contribution in [2.75, 3.05) is 47.4 Å². The molecule has 2 aliphatic heterocycles. The van der Waals surface area contributed by atoms with Gasteiger partial charge in [0.2, 0.25) is 5.91 Å². The third-order valence-corrected chi connectivity index (χ3v) is 16.2. The Labute approximate surface area is 289 Å². The largest absolute Gasteiger partial charge is 0.390 e. The van der Waals surface area contributed by atoms with Gasteiger partial charge in [0.15, 0.2) is 6.29 Å². The lowest BCUT2D eigenvalue weighted by Gasteiger charge is -2.64. The van der Waals surface area contributed by atoms with Gasteiger partial charge >= 0.3 is 6.03 Å². The van der Waals surface area contributed by atoms with Gasteiger partial charge in [-0.1, -0.05) is 48.5 Å². The molecule has 9 nitrogen and oxygen atoms in total. The summed E-state index contributed by atoms with van der Waals surface area (Å²) in [5, 5.41) is 12.5. The molecule has 3 amide bonds. The summed E-state index contributed by atoms with van der Waals surface area (Å²) in [5.74, 6) is 1.98. The van der Waals surface area contributed by atoms with Crippen LogP contribution < -0.4 is 0 Å². The van der Waals surface area contributed by atoms with Crippen LogP contribution in [0.4, 0.5) is 4.79 Å². The number of fused-ring (bicyclic) bond motifs is 4. The highest BCUT2D eigenvalue weighted by molar-refractivity contribution is 5.78. The number of aliphatic hydroxyl groups excluding tert-OH is 1. The standard InChI is InChI=1S/C39H65N3O6/c1-23(2)33(44)42-17-18-46-29(21-42)48-28-13-14-38-22-39(38)16-15-36(6)30-24(3)19-25(20-41(10)34(45)40(8)9)47-31(30)32(43)37(36,7)27(39)12-11-26(38)35(28,4)5/h23-32,43H,11-22H2,1-10H3/t24-,25-,26+,27+,28+,29+,30+,31+,32+,36-,37-,38-,39+/m1/s1. The Morgan fingerprint density at radius 3 is 2.38 bits per heavy atom. The van der Waals surface area contributed by atoms with Crippen LogP contribution in [0.25, 0.3) is 0 Å². The van der Waals surface area contributed by atoms with Crippen LogP contribution in [0.3, 0.4) is 0 Å². The van der Waals surface area contributed by atoms with Gasteiger partial charge in [0.1, 0.15) is 0 Å². The van der Waals surface area contributed by atoms with Crippen LogP contribution in [-0.2, 0) is 19.0 Å². The maximum Gasteiger partial charge on any atom is 0.319 e. The van der Waals surface area contributed by atoms with Crippen molar-refractivity contribution in [1.82, 2.24) is 14.7 Å². The predicted octanol–water partition coefficient (Wildman–Crippen LogP) is 5.64. The molecule has 13 atom stereocenters. The number of likely N-dealkylation sites (N-methyl/N-ethyl adjacent to an activating group) is 1. The van der Waals surface area contributed by atoms with E-state index in [-0.39, 0.29) is 64.1 Å². The number of carbonyl (C=O) groups is 2. The number of hydrogen-bond acceptors (Lipinski definition) is 6. The van der Waals surface area contributed by atoms with E-state index >= 15 is 0 Å². The minimum atomic E-state index is -0.503. The average molecular weight is 672 g/mol. The lowest BCUT2D eigenvalue weighted by Crippen LogP contribution is -2.60. The van der Waals surface area contributed by atoms with E-state index in [1.165, 1.54) is 25.7 Å². The number of morpholine rings is 1. The molecule has 0 radical (unpaired) electrons. The molecule has 0 aromatic heterocycles. The van der Waals surface area contributed by atoms with E-state index in [0.29, 0.717) is 55.3 Å². The summed E-state index contributed by atoms with van der Waals surface area (Å²) in [6.07, 6.45) is 8.15. The van der Waals surface area contributed by atoms with Crippen LogP contribution in [-0.4, -0.2) is 110 Å². The summed E-state index contributed by atoms with van der Waals surface area (Å²) >= 11 is 0. The minimum absolute atomic E-state index is 0.00517. The Hall–Kier alpha value is -1.42. The molecule has 7 aliphatic rings. The van der Waals surface area contributed by atoms with E-state index in [4.69, 9.17) is 14.2 Å². The number of urea groups is 1. The smallest absolute Gasteiger partial charge is 0.319 e. The van der Waals surface area contributed by atoms with Crippen molar-refractivity contribution in [3.63, 3.8) is 0 Å². The molecule has 48 heavy (non-hydrogen) atoms. The third-order valence-electron chi connectivity index (χ3n) is 16.2. The third kappa shape index (κ3) is 4.67. The molecule has 272 valence electrons. The minimum Gasteiger partial charge on any atom is -0.390 e.